The highest BCUT2D eigenvalue weighted by Gasteiger charge is 2.25. The second-order valence-electron chi connectivity index (χ2n) is 6.30. The Kier molecular flexibility index (Phi) is 5.59. The fraction of sp³-hybridized carbons (Fsp3) is 0.500. The summed E-state index contributed by atoms with van der Waals surface area (Å²) < 4.78 is 5.24. The van der Waals surface area contributed by atoms with E-state index in [0.29, 0.717) is 18.2 Å². The van der Waals surface area contributed by atoms with E-state index >= 15 is 0 Å². The number of hydrogen-bond acceptors (Lipinski definition) is 5. The van der Waals surface area contributed by atoms with Crippen molar-refractivity contribution >= 4 is 5.91 Å². The minimum Gasteiger partial charge on any atom is -0.351 e. The Hall–Kier alpha value is -2.21. The van der Waals surface area contributed by atoms with Gasteiger partial charge in [-0.15, -0.1) is 0 Å². The van der Waals surface area contributed by atoms with Crippen LogP contribution in [0.15, 0.2) is 35.1 Å². The molecule has 0 radical (unpaired) electrons. The zero-order chi connectivity index (χ0) is 16.8. The lowest BCUT2D eigenvalue weighted by atomic mass is 9.94. The Morgan fingerprint density at radius 3 is 3.04 bits per heavy atom. The smallest absolute Gasteiger partial charge is 0.289 e. The van der Waals surface area contributed by atoms with Crippen LogP contribution in [0.5, 0.6) is 0 Å². The number of piperidine rings is 1. The van der Waals surface area contributed by atoms with Gasteiger partial charge in [0.1, 0.15) is 0 Å². The molecule has 1 N–H and O–H groups in total. The Morgan fingerprint density at radius 1 is 1.42 bits per heavy atom. The minimum absolute atomic E-state index is 0.181. The summed E-state index contributed by atoms with van der Waals surface area (Å²) in [6.07, 6.45) is 6.76. The topological polar surface area (TPSA) is 71.3 Å². The van der Waals surface area contributed by atoms with Gasteiger partial charge in [-0.2, -0.15) is 0 Å². The summed E-state index contributed by atoms with van der Waals surface area (Å²) in [7, 11) is 0. The molecule has 1 fully saturated rings. The molecule has 0 spiro atoms. The van der Waals surface area contributed by atoms with Gasteiger partial charge in [-0.3, -0.25) is 14.7 Å². The monoisotopic (exact) mass is 328 g/mol. The van der Waals surface area contributed by atoms with Crippen molar-refractivity contribution in [3.05, 3.63) is 47.6 Å². The predicted octanol–water partition coefficient (Wildman–Crippen LogP) is 2.59. The third-order valence-corrected chi connectivity index (χ3v) is 4.37. The number of nitrogens with zero attached hydrogens (tertiary/aromatic N) is 3. The molecular formula is C18H24N4O2. The summed E-state index contributed by atoms with van der Waals surface area (Å²) in [6.45, 7) is 5.61. The maximum atomic E-state index is 11.9. The van der Waals surface area contributed by atoms with Crippen LogP contribution in [-0.4, -0.2) is 40.6 Å². The van der Waals surface area contributed by atoms with Crippen LogP contribution in [0.25, 0.3) is 0 Å². The van der Waals surface area contributed by atoms with Gasteiger partial charge in [0.25, 0.3) is 5.91 Å². The van der Waals surface area contributed by atoms with Gasteiger partial charge in [-0.25, -0.2) is 0 Å². The average molecular weight is 328 g/mol. The normalized spacial score (nSPS) is 18.5. The summed E-state index contributed by atoms with van der Waals surface area (Å²) >= 11 is 0. The van der Waals surface area contributed by atoms with E-state index in [-0.39, 0.29) is 5.91 Å². The molecule has 0 aromatic carbocycles. The highest BCUT2D eigenvalue weighted by Crippen LogP contribution is 2.27. The van der Waals surface area contributed by atoms with E-state index in [0.717, 1.165) is 44.6 Å². The maximum absolute atomic E-state index is 11.9. The zero-order valence-electron chi connectivity index (χ0n) is 14.1. The van der Waals surface area contributed by atoms with Crippen LogP contribution >= 0.6 is 0 Å². The lowest BCUT2D eigenvalue weighted by Crippen LogP contribution is -2.34. The second kappa shape index (κ2) is 8.06. The molecule has 0 saturated carbocycles. The number of likely N-dealkylation sites (tertiary alicyclic amines) is 1. The van der Waals surface area contributed by atoms with Gasteiger partial charge in [-0.05, 0) is 43.5 Å². The average Bonchev–Trinajstić information content (AvgIpc) is 3.11. The third-order valence-electron chi connectivity index (χ3n) is 4.37. The van der Waals surface area contributed by atoms with E-state index in [4.69, 9.17) is 4.52 Å². The van der Waals surface area contributed by atoms with Gasteiger partial charge >= 0.3 is 0 Å². The van der Waals surface area contributed by atoms with Crippen LogP contribution in [0.3, 0.4) is 0 Å². The molecular weight excluding hydrogens is 304 g/mol. The fourth-order valence-electron chi connectivity index (χ4n) is 3.10. The van der Waals surface area contributed by atoms with Crippen molar-refractivity contribution in [2.75, 3.05) is 19.6 Å². The first-order chi connectivity index (χ1) is 11.8. The van der Waals surface area contributed by atoms with Crippen LogP contribution in [0.1, 0.15) is 53.9 Å². The van der Waals surface area contributed by atoms with Gasteiger partial charge in [0.05, 0.1) is 5.69 Å². The molecule has 0 bridgehead atoms. The number of aromatic nitrogens is 2. The van der Waals surface area contributed by atoms with Crippen LogP contribution in [0.2, 0.25) is 0 Å². The number of nitrogens with one attached hydrogen (secondary N) is 1. The summed E-state index contributed by atoms with van der Waals surface area (Å²) in [5.74, 6) is 0.446. The summed E-state index contributed by atoms with van der Waals surface area (Å²) in [6, 6.07) is 5.90. The van der Waals surface area contributed by atoms with Crippen molar-refractivity contribution in [1.29, 1.82) is 0 Å². The van der Waals surface area contributed by atoms with Gasteiger partial charge in [-0.1, -0.05) is 12.1 Å². The molecule has 2 aromatic rings. The SMILES string of the molecule is CCCNC(=O)c1cc(C2CCCN(Cc3ccncc3)C2)no1. The second-order valence-corrected chi connectivity index (χ2v) is 6.30. The van der Waals surface area contributed by atoms with Crippen molar-refractivity contribution in [1.82, 2.24) is 20.4 Å². The number of amides is 1. The minimum atomic E-state index is -0.181. The van der Waals surface area contributed by atoms with Crippen molar-refractivity contribution in [3.8, 4) is 0 Å². The zero-order valence-corrected chi connectivity index (χ0v) is 14.1. The molecule has 6 heteroatoms. The number of pyridine rings is 1. The van der Waals surface area contributed by atoms with E-state index in [1.807, 2.05) is 19.3 Å². The molecule has 1 saturated heterocycles. The van der Waals surface area contributed by atoms with Crippen molar-refractivity contribution in [3.63, 3.8) is 0 Å². The molecule has 1 aliphatic rings. The molecule has 0 aliphatic carbocycles. The van der Waals surface area contributed by atoms with Crippen LogP contribution in [0.4, 0.5) is 0 Å². The van der Waals surface area contributed by atoms with Crippen molar-refractivity contribution in [2.24, 2.45) is 0 Å². The molecule has 24 heavy (non-hydrogen) atoms. The fourth-order valence-corrected chi connectivity index (χ4v) is 3.10. The maximum Gasteiger partial charge on any atom is 0.289 e. The summed E-state index contributed by atoms with van der Waals surface area (Å²) in [5.41, 5.74) is 2.15. The van der Waals surface area contributed by atoms with Crippen LogP contribution in [-0.2, 0) is 6.54 Å². The van der Waals surface area contributed by atoms with Gasteiger partial charge in [0.15, 0.2) is 0 Å². The first kappa shape index (κ1) is 16.6. The lowest BCUT2D eigenvalue weighted by Gasteiger charge is -2.31. The van der Waals surface area contributed by atoms with E-state index < -0.39 is 0 Å². The Labute approximate surface area is 142 Å². The molecule has 1 amide bonds. The number of carbonyl (C=O) groups is 1. The number of carbonyl (C=O) groups excluding carboxylic acids is 1. The lowest BCUT2D eigenvalue weighted by molar-refractivity contribution is 0.0916. The molecule has 3 heterocycles. The summed E-state index contributed by atoms with van der Waals surface area (Å²) in [5, 5.41) is 6.96. The van der Waals surface area contributed by atoms with Crippen molar-refractivity contribution in [2.45, 2.75) is 38.6 Å². The molecule has 2 aromatic heterocycles. The molecule has 128 valence electrons. The summed E-state index contributed by atoms with van der Waals surface area (Å²) in [4.78, 5) is 18.4. The van der Waals surface area contributed by atoms with E-state index in [9.17, 15) is 4.79 Å². The quantitative estimate of drug-likeness (QED) is 0.882. The van der Waals surface area contributed by atoms with E-state index in [1.54, 1.807) is 6.07 Å². The van der Waals surface area contributed by atoms with Crippen LogP contribution in [0, 0.1) is 0 Å². The third kappa shape index (κ3) is 4.20. The largest absolute Gasteiger partial charge is 0.351 e. The van der Waals surface area contributed by atoms with Gasteiger partial charge in [0, 0.05) is 44.0 Å². The van der Waals surface area contributed by atoms with E-state index in [1.165, 1.54) is 5.56 Å². The first-order valence-corrected chi connectivity index (χ1v) is 8.62. The molecule has 6 nitrogen and oxygen atoms in total. The van der Waals surface area contributed by atoms with E-state index in [2.05, 4.69) is 32.5 Å². The Morgan fingerprint density at radius 2 is 2.25 bits per heavy atom. The highest BCUT2D eigenvalue weighted by molar-refractivity contribution is 5.91. The van der Waals surface area contributed by atoms with Crippen LogP contribution < -0.4 is 5.32 Å². The first-order valence-electron chi connectivity index (χ1n) is 8.62. The Balaban J connectivity index is 1.60. The van der Waals surface area contributed by atoms with Crippen molar-refractivity contribution < 1.29 is 9.32 Å². The Bertz CT molecular complexity index is 656. The standard InChI is InChI=1S/C18H24N4O2/c1-2-7-20-18(23)17-11-16(21-24-17)15-4-3-10-22(13-15)12-14-5-8-19-9-6-14/h5-6,8-9,11,15H,2-4,7,10,12-13H2,1H3,(H,20,23). The molecule has 3 rings (SSSR count). The predicted molar refractivity (Wildman–Crippen MR) is 90.6 cm³/mol. The molecule has 1 atom stereocenters. The van der Waals surface area contributed by atoms with Gasteiger partial charge < -0.3 is 9.84 Å². The molecule has 1 unspecified atom stereocenters. The number of rotatable bonds is 6. The highest BCUT2D eigenvalue weighted by atomic mass is 16.5. The van der Waals surface area contributed by atoms with Gasteiger partial charge in [0.2, 0.25) is 5.76 Å². The number of hydrogen-bond donors (Lipinski definition) is 1. The molecule has 1 aliphatic heterocycles.